The van der Waals surface area contributed by atoms with Crippen molar-refractivity contribution < 1.29 is 24.1 Å². The van der Waals surface area contributed by atoms with Gasteiger partial charge in [-0.25, -0.2) is 4.39 Å². The molecule has 27 heavy (non-hydrogen) atoms. The summed E-state index contributed by atoms with van der Waals surface area (Å²) in [6.45, 7) is 3.81. The molecule has 6 nitrogen and oxygen atoms in total. The minimum atomic E-state index is -1.44. The van der Waals surface area contributed by atoms with Crippen molar-refractivity contribution in [2.45, 2.75) is 43.9 Å². The topological polar surface area (TPSA) is 73.2 Å². The highest BCUT2D eigenvalue weighted by Crippen LogP contribution is 2.28. The summed E-state index contributed by atoms with van der Waals surface area (Å²) < 4.78 is 19.1. The van der Waals surface area contributed by atoms with Crippen LogP contribution in [0, 0.1) is 5.82 Å². The quantitative estimate of drug-likeness (QED) is 0.804. The smallest absolute Gasteiger partial charge is 0.219 e. The highest BCUT2D eigenvalue weighted by atomic mass is 35.5. The number of amides is 1. The van der Waals surface area contributed by atoms with E-state index in [0.29, 0.717) is 26.1 Å². The third kappa shape index (κ3) is 4.71. The van der Waals surface area contributed by atoms with E-state index in [1.165, 1.54) is 12.1 Å². The summed E-state index contributed by atoms with van der Waals surface area (Å²) >= 11 is 5.66. The lowest BCUT2D eigenvalue weighted by molar-refractivity contribution is -0.149. The molecule has 1 aromatic carbocycles. The number of piperidine rings is 2. The van der Waals surface area contributed by atoms with Crippen LogP contribution in [0.1, 0.15) is 26.2 Å². The Hall–Kier alpha value is -1.41. The SMILES string of the molecule is CC(=O)N1CCC(N2CC[C@H](O)[C@@](O)(COc3ccc(Cl)c(F)c3)C2)CC1. The lowest BCUT2D eigenvalue weighted by Gasteiger charge is -2.47. The molecule has 1 amide bonds. The molecular weight excluding hydrogens is 375 g/mol. The van der Waals surface area contributed by atoms with E-state index in [1.807, 2.05) is 4.90 Å². The van der Waals surface area contributed by atoms with Gasteiger partial charge in [0.1, 0.15) is 23.8 Å². The maximum Gasteiger partial charge on any atom is 0.219 e. The highest BCUT2D eigenvalue weighted by molar-refractivity contribution is 6.30. The summed E-state index contributed by atoms with van der Waals surface area (Å²) in [6, 6.07) is 4.34. The summed E-state index contributed by atoms with van der Waals surface area (Å²) in [7, 11) is 0. The van der Waals surface area contributed by atoms with E-state index in [1.54, 1.807) is 6.92 Å². The fourth-order valence-corrected chi connectivity index (χ4v) is 3.98. The van der Waals surface area contributed by atoms with E-state index in [9.17, 15) is 19.4 Å². The largest absolute Gasteiger partial charge is 0.490 e. The molecule has 0 aliphatic carbocycles. The first-order valence-electron chi connectivity index (χ1n) is 9.26. The first kappa shape index (κ1) is 20.3. The Kier molecular flexibility index (Phi) is 6.25. The monoisotopic (exact) mass is 400 g/mol. The highest BCUT2D eigenvalue weighted by Gasteiger charge is 2.44. The number of aliphatic hydroxyl groups is 2. The fraction of sp³-hybridized carbons (Fsp3) is 0.632. The predicted octanol–water partition coefficient (Wildman–Crippen LogP) is 1.67. The Morgan fingerprint density at radius 1 is 1.33 bits per heavy atom. The minimum Gasteiger partial charge on any atom is -0.490 e. The zero-order chi connectivity index (χ0) is 19.6. The molecule has 8 heteroatoms. The third-order valence-electron chi connectivity index (χ3n) is 5.59. The maximum absolute atomic E-state index is 13.6. The van der Waals surface area contributed by atoms with Crippen molar-refractivity contribution >= 4 is 17.5 Å². The van der Waals surface area contributed by atoms with Crippen LogP contribution in [0.25, 0.3) is 0 Å². The molecule has 3 rings (SSSR count). The molecule has 2 saturated heterocycles. The number of ether oxygens (including phenoxy) is 1. The van der Waals surface area contributed by atoms with Crippen molar-refractivity contribution in [1.82, 2.24) is 9.80 Å². The van der Waals surface area contributed by atoms with Gasteiger partial charge in [-0.2, -0.15) is 0 Å². The Bertz CT molecular complexity index is 684. The van der Waals surface area contributed by atoms with Crippen LogP contribution in [0.5, 0.6) is 5.75 Å². The Balaban J connectivity index is 1.60. The summed E-state index contributed by atoms with van der Waals surface area (Å²) in [5.74, 6) is -0.253. The lowest BCUT2D eigenvalue weighted by atomic mass is 9.88. The minimum absolute atomic E-state index is 0.00170. The molecule has 2 fully saturated rings. The van der Waals surface area contributed by atoms with Gasteiger partial charge in [-0.3, -0.25) is 9.69 Å². The molecule has 0 radical (unpaired) electrons. The maximum atomic E-state index is 13.6. The Labute approximate surface area is 163 Å². The summed E-state index contributed by atoms with van der Waals surface area (Å²) in [5.41, 5.74) is -1.44. The van der Waals surface area contributed by atoms with Crippen LogP contribution in [0.15, 0.2) is 18.2 Å². The van der Waals surface area contributed by atoms with Crippen molar-refractivity contribution in [2.75, 3.05) is 32.8 Å². The van der Waals surface area contributed by atoms with Gasteiger partial charge in [0.2, 0.25) is 5.91 Å². The molecule has 0 bridgehead atoms. The normalized spacial score (nSPS) is 27.6. The van der Waals surface area contributed by atoms with Crippen LogP contribution >= 0.6 is 11.6 Å². The zero-order valence-corrected chi connectivity index (χ0v) is 16.2. The number of rotatable bonds is 4. The molecule has 2 N–H and O–H groups in total. The molecule has 0 spiro atoms. The van der Waals surface area contributed by atoms with Crippen LogP contribution in [0.3, 0.4) is 0 Å². The van der Waals surface area contributed by atoms with Gasteiger partial charge in [0, 0.05) is 45.2 Å². The van der Waals surface area contributed by atoms with Gasteiger partial charge in [-0.1, -0.05) is 11.6 Å². The van der Waals surface area contributed by atoms with E-state index in [4.69, 9.17) is 16.3 Å². The van der Waals surface area contributed by atoms with Crippen molar-refractivity contribution in [2.24, 2.45) is 0 Å². The van der Waals surface area contributed by atoms with Gasteiger partial charge in [0.25, 0.3) is 0 Å². The van der Waals surface area contributed by atoms with Gasteiger partial charge in [-0.05, 0) is 31.4 Å². The van der Waals surface area contributed by atoms with Crippen LogP contribution in [-0.2, 0) is 4.79 Å². The molecule has 0 aromatic heterocycles. The van der Waals surface area contributed by atoms with Gasteiger partial charge < -0.3 is 19.8 Å². The van der Waals surface area contributed by atoms with Crippen molar-refractivity contribution in [3.05, 3.63) is 29.0 Å². The standard InChI is InChI=1S/C19H26ClFN2O4/c1-13(24)22-7-4-14(5-8-22)23-9-6-18(25)19(26,11-23)12-27-15-2-3-16(20)17(21)10-15/h2-3,10,14,18,25-26H,4-9,11-12H2,1H3/t18-,19-/m0/s1. The molecule has 2 aliphatic heterocycles. The van der Waals surface area contributed by atoms with Crippen LogP contribution < -0.4 is 4.74 Å². The van der Waals surface area contributed by atoms with Crippen molar-refractivity contribution in [3.8, 4) is 5.75 Å². The van der Waals surface area contributed by atoms with Gasteiger partial charge in [0.05, 0.1) is 11.1 Å². The number of carbonyl (C=O) groups excluding carboxylic acids is 1. The Morgan fingerprint density at radius 3 is 2.67 bits per heavy atom. The van der Waals surface area contributed by atoms with E-state index >= 15 is 0 Å². The number of benzene rings is 1. The number of β-amino-alcohol motifs (C(OH)–C–C–N with tert-alkyl or cyclic N) is 1. The summed E-state index contributed by atoms with van der Waals surface area (Å²) in [5, 5.41) is 21.3. The number of aliphatic hydroxyl groups excluding tert-OH is 1. The molecule has 1 aromatic rings. The van der Waals surface area contributed by atoms with E-state index in [2.05, 4.69) is 4.90 Å². The predicted molar refractivity (Wildman–Crippen MR) is 99.3 cm³/mol. The average molecular weight is 401 g/mol. The second-order valence-electron chi connectivity index (χ2n) is 7.48. The molecule has 150 valence electrons. The second-order valence-corrected chi connectivity index (χ2v) is 7.89. The van der Waals surface area contributed by atoms with Gasteiger partial charge in [-0.15, -0.1) is 0 Å². The zero-order valence-electron chi connectivity index (χ0n) is 15.4. The Morgan fingerprint density at radius 2 is 2.04 bits per heavy atom. The van der Waals surface area contributed by atoms with Crippen molar-refractivity contribution in [3.63, 3.8) is 0 Å². The fourth-order valence-electron chi connectivity index (χ4n) is 3.87. The van der Waals surface area contributed by atoms with Gasteiger partial charge in [0.15, 0.2) is 0 Å². The second kappa shape index (κ2) is 8.31. The first-order valence-corrected chi connectivity index (χ1v) is 9.64. The molecule has 0 unspecified atom stereocenters. The third-order valence-corrected chi connectivity index (χ3v) is 5.90. The van der Waals surface area contributed by atoms with Crippen molar-refractivity contribution in [1.29, 1.82) is 0 Å². The molecular formula is C19H26ClFN2O4. The van der Waals surface area contributed by atoms with Gasteiger partial charge >= 0.3 is 0 Å². The molecule has 2 heterocycles. The van der Waals surface area contributed by atoms with E-state index in [0.717, 1.165) is 18.9 Å². The summed E-state index contributed by atoms with van der Waals surface area (Å²) in [6.07, 6.45) is 1.20. The van der Waals surface area contributed by atoms with Crippen LogP contribution in [-0.4, -0.2) is 76.5 Å². The number of halogens is 2. The van der Waals surface area contributed by atoms with E-state index < -0.39 is 17.5 Å². The number of hydrogen-bond acceptors (Lipinski definition) is 5. The summed E-state index contributed by atoms with van der Waals surface area (Å²) in [4.78, 5) is 15.5. The van der Waals surface area contributed by atoms with Crippen LogP contribution in [0.4, 0.5) is 4.39 Å². The molecule has 2 aliphatic rings. The first-order chi connectivity index (χ1) is 12.8. The molecule has 2 atom stereocenters. The number of nitrogens with zero attached hydrogens (tertiary/aromatic N) is 2. The average Bonchev–Trinajstić information content (AvgIpc) is 2.65. The van der Waals surface area contributed by atoms with E-state index in [-0.39, 0.29) is 35.9 Å². The lowest BCUT2D eigenvalue weighted by Crippen LogP contribution is -2.62. The van der Waals surface area contributed by atoms with Crippen LogP contribution in [0.2, 0.25) is 5.02 Å². The molecule has 0 saturated carbocycles. The number of likely N-dealkylation sites (tertiary alicyclic amines) is 2. The number of hydrogen-bond donors (Lipinski definition) is 2. The number of carbonyl (C=O) groups is 1.